The number of hydrogen-bond acceptors (Lipinski definition) is 4. The molecule has 1 aliphatic heterocycles. The van der Waals surface area contributed by atoms with Gasteiger partial charge in [-0.2, -0.15) is 4.39 Å². The van der Waals surface area contributed by atoms with E-state index < -0.39 is 5.95 Å². The highest BCUT2D eigenvalue weighted by Gasteiger charge is 2.18. The smallest absolute Gasteiger partial charge is 0.212 e. The maximum atomic E-state index is 13.4. The second-order valence-electron chi connectivity index (χ2n) is 9.38. The van der Waals surface area contributed by atoms with Crippen LogP contribution >= 0.6 is 11.6 Å². The van der Waals surface area contributed by atoms with E-state index in [1.807, 2.05) is 18.3 Å². The van der Waals surface area contributed by atoms with Crippen molar-refractivity contribution >= 4 is 22.5 Å². The van der Waals surface area contributed by atoms with Gasteiger partial charge in [0, 0.05) is 40.5 Å². The van der Waals surface area contributed by atoms with E-state index in [2.05, 4.69) is 42.3 Å². The average Bonchev–Trinajstić information content (AvgIpc) is 2.84. The molecule has 1 saturated heterocycles. The van der Waals surface area contributed by atoms with Crippen LogP contribution in [0.1, 0.15) is 36.8 Å². The Morgan fingerprint density at radius 2 is 1.80 bits per heavy atom. The number of nitrogens with one attached hydrogen (secondary N) is 1. The largest absolute Gasteiger partial charge is 0.492 e. The van der Waals surface area contributed by atoms with Gasteiger partial charge in [-0.25, -0.2) is 4.98 Å². The molecule has 1 atom stereocenters. The molecule has 6 heteroatoms. The molecule has 1 unspecified atom stereocenters. The van der Waals surface area contributed by atoms with Crippen molar-refractivity contribution in [2.45, 2.75) is 45.6 Å². The molecule has 3 heterocycles. The summed E-state index contributed by atoms with van der Waals surface area (Å²) in [4.78, 5) is 8.54. The zero-order valence-corrected chi connectivity index (χ0v) is 20.8. The minimum atomic E-state index is -0.523. The van der Waals surface area contributed by atoms with Crippen molar-refractivity contribution in [1.29, 1.82) is 0 Å². The molecule has 180 valence electrons. The number of pyridine rings is 2. The third-order valence-electron chi connectivity index (χ3n) is 6.60. The number of nitrogens with zero attached hydrogens (tertiary/aromatic N) is 2. The first kappa shape index (κ1) is 23.7. The number of benzene rings is 2. The van der Waals surface area contributed by atoms with E-state index in [0.29, 0.717) is 17.7 Å². The second kappa shape index (κ2) is 10.3. The number of hydrogen-bond donors (Lipinski definition) is 1. The first-order chi connectivity index (χ1) is 17.0. The highest BCUT2D eigenvalue weighted by molar-refractivity contribution is 6.34. The Labute approximate surface area is 210 Å². The Bertz CT molecular complexity index is 1330. The lowest BCUT2D eigenvalue weighted by Gasteiger charge is -2.24. The molecule has 5 rings (SSSR count). The van der Waals surface area contributed by atoms with Crippen molar-refractivity contribution < 1.29 is 9.13 Å². The van der Waals surface area contributed by atoms with Crippen LogP contribution in [-0.4, -0.2) is 29.2 Å². The number of fused-ring (bicyclic) bond motifs is 1. The van der Waals surface area contributed by atoms with E-state index in [0.717, 1.165) is 51.9 Å². The van der Waals surface area contributed by atoms with E-state index in [1.54, 1.807) is 6.07 Å². The van der Waals surface area contributed by atoms with E-state index in [4.69, 9.17) is 21.3 Å². The Balaban J connectivity index is 1.60. The third-order valence-corrected chi connectivity index (χ3v) is 6.92. The van der Waals surface area contributed by atoms with Crippen LogP contribution in [0, 0.1) is 19.8 Å². The Morgan fingerprint density at radius 3 is 2.51 bits per heavy atom. The van der Waals surface area contributed by atoms with Crippen molar-refractivity contribution in [3.05, 3.63) is 77.0 Å². The molecule has 0 spiro atoms. The summed E-state index contributed by atoms with van der Waals surface area (Å²) in [7, 11) is 0. The molecule has 1 fully saturated rings. The standard InChI is InChI=1S/C29H29ClFN3O/c1-18-11-19(2)13-21(12-18)25-17-33-27-15-26(30)23(20-6-7-28(31)34-16-20)14-24(27)29(25)35-10-8-22-5-3-4-9-32-22/h6-7,11-17,22,32H,3-5,8-10H2,1-2H3. The Morgan fingerprint density at radius 1 is 0.971 bits per heavy atom. The van der Waals surface area contributed by atoms with Gasteiger partial charge in [0.25, 0.3) is 0 Å². The lowest BCUT2D eigenvalue weighted by Crippen LogP contribution is -2.35. The summed E-state index contributed by atoms with van der Waals surface area (Å²) in [6.45, 7) is 5.87. The van der Waals surface area contributed by atoms with Crippen LogP contribution in [0.4, 0.5) is 4.39 Å². The van der Waals surface area contributed by atoms with Gasteiger partial charge < -0.3 is 10.1 Å². The summed E-state index contributed by atoms with van der Waals surface area (Å²) in [6.07, 6.45) is 8.00. The third kappa shape index (κ3) is 5.31. The number of ether oxygens (including phenoxy) is 1. The SMILES string of the molecule is Cc1cc(C)cc(-c2cnc3cc(Cl)c(-c4ccc(F)nc4)cc3c2OCCC2CCCCN2)c1. The molecule has 0 bridgehead atoms. The molecule has 0 radical (unpaired) electrons. The van der Waals surface area contributed by atoms with Gasteiger partial charge in [-0.05, 0) is 69.5 Å². The summed E-state index contributed by atoms with van der Waals surface area (Å²) < 4.78 is 20.0. The molecule has 35 heavy (non-hydrogen) atoms. The number of rotatable bonds is 6. The molecular formula is C29H29ClFN3O. The Kier molecular flexibility index (Phi) is 6.98. The molecule has 4 nitrogen and oxygen atoms in total. The van der Waals surface area contributed by atoms with Crippen molar-refractivity contribution in [2.75, 3.05) is 13.2 Å². The van der Waals surface area contributed by atoms with Gasteiger partial charge in [0.15, 0.2) is 0 Å². The van der Waals surface area contributed by atoms with Gasteiger partial charge in [-0.15, -0.1) is 0 Å². The van der Waals surface area contributed by atoms with Gasteiger partial charge in [0.1, 0.15) is 5.75 Å². The van der Waals surface area contributed by atoms with Crippen LogP contribution in [0.25, 0.3) is 33.2 Å². The monoisotopic (exact) mass is 489 g/mol. The van der Waals surface area contributed by atoms with E-state index in [1.165, 1.54) is 42.7 Å². The van der Waals surface area contributed by atoms with Gasteiger partial charge in [0.05, 0.1) is 17.1 Å². The van der Waals surface area contributed by atoms with Crippen molar-refractivity contribution in [3.63, 3.8) is 0 Å². The van der Waals surface area contributed by atoms with Crippen LogP contribution < -0.4 is 10.1 Å². The first-order valence-electron chi connectivity index (χ1n) is 12.2. The van der Waals surface area contributed by atoms with Crippen molar-refractivity contribution in [1.82, 2.24) is 15.3 Å². The molecule has 4 aromatic rings. The summed E-state index contributed by atoms with van der Waals surface area (Å²) >= 11 is 6.62. The maximum Gasteiger partial charge on any atom is 0.212 e. The van der Waals surface area contributed by atoms with E-state index in [9.17, 15) is 4.39 Å². The lowest BCUT2D eigenvalue weighted by molar-refractivity contribution is 0.271. The predicted molar refractivity (Wildman–Crippen MR) is 141 cm³/mol. The van der Waals surface area contributed by atoms with Crippen LogP contribution in [0.2, 0.25) is 5.02 Å². The van der Waals surface area contributed by atoms with E-state index >= 15 is 0 Å². The van der Waals surface area contributed by atoms with Gasteiger partial charge in [0.2, 0.25) is 5.95 Å². The summed E-state index contributed by atoms with van der Waals surface area (Å²) in [6, 6.07) is 13.8. The number of aryl methyl sites for hydroxylation is 2. The molecule has 2 aromatic carbocycles. The summed E-state index contributed by atoms with van der Waals surface area (Å²) in [5, 5.41) is 5.01. The minimum Gasteiger partial charge on any atom is -0.492 e. The first-order valence-corrected chi connectivity index (χ1v) is 12.5. The van der Waals surface area contributed by atoms with Gasteiger partial charge in [-0.1, -0.05) is 47.3 Å². The van der Waals surface area contributed by atoms with Crippen LogP contribution in [0.15, 0.2) is 54.9 Å². The highest BCUT2D eigenvalue weighted by atomic mass is 35.5. The fraction of sp³-hybridized carbons (Fsp3) is 0.310. The van der Waals surface area contributed by atoms with Crippen LogP contribution in [-0.2, 0) is 0 Å². The zero-order valence-electron chi connectivity index (χ0n) is 20.1. The predicted octanol–water partition coefficient (Wildman–Crippen LogP) is 7.28. The van der Waals surface area contributed by atoms with Gasteiger partial charge >= 0.3 is 0 Å². The average molecular weight is 490 g/mol. The molecule has 0 amide bonds. The van der Waals surface area contributed by atoms with Crippen molar-refractivity contribution in [2.24, 2.45) is 0 Å². The number of halogens is 2. The van der Waals surface area contributed by atoms with E-state index in [-0.39, 0.29) is 0 Å². The summed E-state index contributed by atoms with van der Waals surface area (Å²) in [5.74, 6) is 0.272. The number of piperidine rings is 1. The maximum absolute atomic E-state index is 13.4. The molecule has 0 aliphatic carbocycles. The summed E-state index contributed by atoms with van der Waals surface area (Å²) in [5.41, 5.74) is 6.66. The molecule has 1 N–H and O–H groups in total. The fourth-order valence-corrected chi connectivity index (χ4v) is 5.18. The second-order valence-corrected chi connectivity index (χ2v) is 9.79. The number of aromatic nitrogens is 2. The quantitative estimate of drug-likeness (QED) is 0.289. The fourth-order valence-electron chi connectivity index (χ4n) is 4.91. The molecule has 2 aromatic heterocycles. The van der Waals surface area contributed by atoms with Crippen LogP contribution in [0.3, 0.4) is 0 Å². The Hall–Kier alpha value is -3.02. The normalized spacial score (nSPS) is 15.9. The molecule has 0 saturated carbocycles. The lowest BCUT2D eigenvalue weighted by atomic mass is 9.98. The highest BCUT2D eigenvalue weighted by Crippen LogP contribution is 2.40. The van der Waals surface area contributed by atoms with Gasteiger partial charge in [-0.3, -0.25) is 4.98 Å². The van der Waals surface area contributed by atoms with Crippen LogP contribution in [0.5, 0.6) is 5.75 Å². The molecule has 1 aliphatic rings. The topological polar surface area (TPSA) is 47.0 Å². The molecular weight excluding hydrogens is 461 g/mol. The minimum absolute atomic E-state index is 0.483. The van der Waals surface area contributed by atoms with Crippen molar-refractivity contribution in [3.8, 4) is 28.0 Å². The zero-order chi connectivity index (χ0) is 24.4.